The largest absolute Gasteiger partial charge is 0.478 e. The molecule has 8 heteroatoms. The molecule has 0 aromatic heterocycles. The van der Waals surface area contributed by atoms with E-state index in [2.05, 4.69) is 10.2 Å². The normalized spacial score (nSPS) is 14.8. The van der Waals surface area contributed by atoms with Crippen LogP contribution in [0.3, 0.4) is 0 Å². The van der Waals surface area contributed by atoms with Crippen molar-refractivity contribution in [3.8, 4) is 5.75 Å². The SMILES string of the molecule is Cc1cc(CN(CC(=O)Nc2ccc(Cl)cc2Cl)C2CCCCC2)ccc1OC(C)(C)C(=O)O. The first kappa shape index (κ1) is 26.3. The van der Waals surface area contributed by atoms with Gasteiger partial charge in [0.1, 0.15) is 5.75 Å². The van der Waals surface area contributed by atoms with E-state index in [0.29, 0.717) is 34.1 Å². The van der Waals surface area contributed by atoms with E-state index >= 15 is 0 Å². The number of aliphatic carboxylic acids is 1. The summed E-state index contributed by atoms with van der Waals surface area (Å²) in [6.07, 6.45) is 5.65. The minimum Gasteiger partial charge on any atom is -0.478 e. The number of nitrogens with one attached hydrogen (secondary N) is 1. The lowest BCUT2D eigenvalue weighted by Crippen LogP contribution is -2.41. The minimum absolute atomic E-state index is 0.130. The molecule has 1 aliphatic rings. The lowest BCUT2D eigenvalue weighted by atomic mass is 9.93. The van der Waals surface area contributed by atoms with Crippen molar-refractivity contribution in [2.45, 2.75) is 71.1 Å². The van der Waals surface area contributed by atoms with Gasteiger partial charge in [0.15, 0.2) is 5.60 Å². The van der Waals surface area contributed by atoms with Crippen molar-refractivity contribution in [2.75, 3.05) is 11.9 Å². The van der Waals surface area contributed by atoms with Gasteiger partial charge in [0.05, 0.1) is 17.3 Å². The first-order valence-corrected chi connectivity index (χ1v) is 12.3. The van der Waals surface area contributed by atoms with E-state index in [0.717, 1.165) is 36.8 Å². The fourth-order valence-electron chi connectivity index (χ4n) is 4.20. The molecule has 0 saturated heterocycles. The van der Waals surface area contributed by atoms with Crippen LogP contribution in [-0.4, -0.2) is 40.1 Å². The molecule has 0 atom stereocenters. The van der Waals surface area contributed by atoms with Gasteiger partial charge >= 0.3 is 5.97 Å². The molecule has 0 aliphatic heterocycles. The predicted molar refractivity (Wildman–Crippen MR) is 136 cm³/mol. The molecular weight excluding hydrogens is 475 g/mol. The lowest BCUT2D eigenvalue weighted by molar-refractivity contribution is -0.152. The third kappa shape index (κ3) is 7.11. The number of carbonyl (C=O) groups excluding carboxylic acids is 1. The van der Waals surface area contributed by atoms with Gasteiger partial charge in [-0.3, -0.25) is 9.69 Å². The van der Waals surface area contributed by atoms with Gasteiger partial charge in [-0.15, -0.1) is 0 Å². The average molecular weight is 507 g/mol. The second-order valence-electron chi connectivity index (χ2n) is 9.39. The van der Waals surface area contributed by atoms with Gasteiger partial charge in [-0.05, 0) is 69.0 Å². The highest BCUT2D eigenvalue weighted by molar-refractivity contribution is 6.36. The van der Waals surface area contributed by atoms with Crippen LogP contribution in [0.5, 0.6) is 5.75 Å². The Labute approximate surface area is 211 Å². The maximum atomic E-state index is 12.9. The standard InChI is InChI=1S/C26H32Cl2N2O4/c1-17-13-18(9-12-23(17)34-26(2,3)25(32)33)15-30(20-7-5-4-6-8-20)16-24(31)29-22-11-10-19(27)14-21(22)28/h9-14,20H,4-8,15-16H2,1-3H3,(H,29,31)(H,32,33). The summed E-state index contributed by atoms with van der Waals surface area (Å²) in [7, 11) is 0. The number of hydrogen-bond donors (Lipinski definition) is 2. The second-order valence-corrected chi connectivity index (χ2v) is 10.2. The molecule has 0 radical (unpaired) electrons. The van der Waals surface area contributed by atoms with Gasteiger partial charge in [-0.1, -0.05) is 54.6 Å². The molecule has 0 spiro atoms. The summed E-state index contributed by atoms with van der Waals surface area (Å²) in [5, 5.41) is 13.2. The van der Waals surface area contributed by atoms with E-state index in [9.17, 15) is 14.7 Å². The minimum atomic E-state index is -1.32. The Morgan fingerprint density at radius 1 is 1.12 bits per heavy atom. The fraction of sp³-hybridized carbons (Fsp3) is 0.462. The Balaban J connectivity index is 1.74. The molecule has 0 unspecified atom stereocenters. The van der Waals surface area contributed by atoms with Crippen LogP contribution in [0.2, 0.25) is 10.0 Å². The van der Waals surface area contributed by atoms with Crippen LogP contribution in [0.15, 0.2) is 36.4 Å². The molecule has 0 bridgehead atoms. The third-order valence-corrected chi connectivity index (χ3v) is 6.70. The summed E-state index contributed by atoms with van der Waals surface area (Å²) >= 11 is 12.2. The molecule has 1 amide bonds. The van der Waals surface area contributed by atoms with Crippen LogP contribution in [-0.2, 0) is 16.1 Å². The van der Waals surface area contributed by atoms with Crippen LogP contribution < -0.4 is 10.1 Å². The molecule has 1 saturated carbocycles. The van der Waals surface area contributed by atoms with E-state index in [1.807, 2.05) is 25.1 Å². The summed E-state index contributed by atoms with van der Waals surface area (Å²) in [6.45, 7) is 5.80. The smallest absolute Gasteiger partial charge is 0.347 e. The van der Waals surface area contributed by atoms with Gasteiger partial charge in [0, 0.05) is 17.6 Å². The zero-order chi connectivity index (χ0) is 24.9. The molecule has 2 N–H and O–H groups in total. The Bertz CT molecular complexity index is 1040. The lowest BCUT2D eigenvalue weighted by Gasteiger charge is -2.34. The summed E-state index contributed by atoms with van der Waals surface area (Å²) in [5.41, 5.74) is 1.12. The molecule has 0 heterocycles. The van der Waals surface area contributed by atoms with Crippen LogP contribution >= 0.6 is 23.2 Å². The number of carboxylic acids is 1. The molecule has 6 nitrogen and oxygen atoms in total. The fourth-order valence-corrected chi connectivity index (χ4v) is 4.66. The number of rotatable bonds is 9. The van der Waals surface area contributed by atoms with Crippen molar-refractivity contribution in [1.29, 1.82) is 0 Å². The monoisotopic (exact) mass is 506 g/mol. The van der Waals surface area contributed by atoms with Crippen LogP contribution in [0.4, 0.5) is 5.69 Å². The molecule has 34 heavy (non-hydrogen) atoms. The molecule has 2 aromatic rings. The van der Waals surface area contributed by atoms with E-state index in [-0.39, 0.29) is 12.5 Å². The highest BCUT2D eigenvalue weighted by Gasteiger charge is 2.30. The van der Waals surface area contributed by atoms with Crippen molar-refractivity contribution in [2.24, 2.45) is 0 Å². The average Bonchev–Trinajstić information content (AvgIpc) is 2.77. The molecule has 1 fully saturated rings. The van der Waals surface area contributed by atoms with Gasteiger partial charge in [0.2, 0.25) is 5.91 Å². The Kier molecular flexibility index (Phi) is 8.85. The Hall–Kier alpha value is -2.28. The third-order valence-electron chi connectivity index (χ3n) is 6.15. The topological polar surface area (TPSA) is 78.9 Å². The van der Waals surface area contributed by atoms with Crippen molar-refractivity contribution in [1.82, 2.24) is 4.90 Å². The van der Waals surface area contributed by atoms with Gasteiger partial charge < -0.3 is 15.2 Å². The molecule has 1 aliphatic carbocycles. The molecular formula is C26H32Cl2N2O4. The maximum absolute atomic E-state index is 12.9. The summed E-state index contributed by atoms with van der Waals surface area (Å²) in [4.78, 5) is 26.5. The molecule has 2 aromatic carbocycles. The quantitative estimate of drug-likeness (QED) is 0.416. The van der Waals surface area contributed by atoms with Crippen LogP contribution in [0, 0.1) is 6.92 Å². The Morgan fingerprint density at radius 3 is 2.44 bits per heavy atom. The number of halogens is 2. The predicted octanol–water partition coefficient (Wildman–Crippen LogP) is 6.32. The first-order chi connectivity index (χ1) is 16.0. The van der Waals surface area contributed by atoms with Gasteiger partial charge in [-0.25, -0.2) is 4.79 Å². The van der Waals surface area contributed by atoms with Crippen molar-refractivity contribution in [3.05, 3.63) is 57.6 Å². The number of benzene rings is 2. The number of anilines is 1. The van der Waals surface area contributed by atoms with E-state index in [4.69, 9.17) is 27.9 Å². The number of ether oxygens (including phenoxy) is 1. The van der Waals surface area contributed by atoms with E-state index in [1.165, 1.54) is 20.3 Å². The zero-order valence-electron chi connectivity index (χ0n) is 19.9. The number of aryl methyl sites for hydroxylation is 1. The molecule has 3 rings (SSSR count). The zero-order valence-corrected chi connectivity index (χ0v) is 21.4. The second kappa shape index (κ2) is 11.4. The summed E-state index contributed by atoms with van der Waals surface area (Å²) in [5.74, 6) is -0.614. The maximum Gasteiger partial charge on any atom is 0.347 e. The Morgan fingerprint density at radius 2 is 1.82 bits per heavy atom. The van der Waals surface area contributed by atoms with Crippen molar-refractivity contribution < 1.29 is 19.4 Å². The highest BCUT2D eigenvalue weighted by atomic mass is 35.5. The van der Waals surface area contributed by atoms with Crippen molar-refractivity contribution >= 4 is 40.8 Å². The number of nitrogens with zero attached hydrogens (tertiary/aromatic N) is 1. The number of carbonyl (C=O) groups is 2. The summed E-state index contributed by atoms with van der Waals surface area (Å²) in [6, 6.07) is 11.1. The number of amides is 1. The number of hydrogen-bond acceptors (Lipinski definition) is 4. The van der Waals surface area contributed by atoms with Crippen molar-refractivity contribution in [3.63, 3.8) is 0 Å². The summed E-state index contributed by atoms with van der Waals surface area (Å²) < 4.78 is 5.72. The molecule has 184 valence electrons. The van der Waals surface area contributed by atoms with Gasteiger partial charge in [-0.2, -0.15) is 0 Å². The van der Waals surface area contributed by atoms with Crippen LogP contribution in [0.25, 0.3) is 0 Å². The first-order valence-electron chi connectivity index (χ1n) is 11.6. The van der Waals surface area contributed by atoms with Crippen LogP contribution in [0.1, 0.15) is 57.1 Å². The van der Waals surface area contributed by atoms with E-state index < -0.39 is 11.6 Å². The highest BCUT2D eigenvalue weighted by Crippen LogP contribution is 2.28. The van der Waals surface area contributed by atoms with E-state index in [1.54, 1.807) is 18.2 Å². The van der Waals surface area contributed by atoms with Gasteiger partial charge in [0.25, 0.3) is 0 Å². The number of carboxylic acid groups (broad SMARTS) is 1.